The third-order valence-corrected chi connectivity index (χ3v) is 6.08. The van der Waals surface area contributed by atoms with Crippen LogP contribution in [0.3, 0.4) is 0 Å². The van der Waals surface area contributed by atoms with E-state index in [1.807, 2.05) is 30.3 Å². The van der Waals surface area contributed by atoms with E-state index in [2.05, 4.69) is 0 Å². The van der Waals surface area contributed by atoms with Crippen LogP contribution < -0.4 is 5.19 Å². The largest absolute Gasteiger partial charge is 0.412 e. The molecule has 0 amide bonds. The number of hydrogen-bond acceptors (Lipinski definition) is 1. The normalized spacial score (nSPS) is 11.8. The third kappa shape index (κ3) is 3.61. The Morgan fingerprint density at radius 2 is 1.26 bits per heavy atom. The molecule has 0 spiro atoms. The second-order valence-corrected chi connectivity index (χ2v) is 9.35. The summed E-state index contributed by atoms with van der Waals surface area (Å²) >= 11 is 0. The molecule has 0 unspecified atom stereocenters. The molecule has 0 saturated carbocycles. The molecule has 0 bridgehead atoms. The molecule has 0 radical (unpaired) electrons. The third-order valence-electron chi connectivity index (χ3n) is 3.51. The summed E-state index contributed by atoms with van der Waals surface area (Å²) in [4.78, 5) is 0. The summed E-state index contributed by atoms with van der Waals surface area (Å²) in [6, 6.07) is 9.23. The van der Waals surface area contributed by atoms with E-state index >= 15 is 0 Å². The number of hydrogen-bond donors (Lipinski definition) is 0. The maximum Gasteiger partial charge on any atom is 0.224 e. The van der Waals surface area contributed by atoms with Gasteiger partial charge in [0.05, 0.1) is 0 Å². The van der Waals surface area contributed by atoms with Crippen molar-refractivity contribution in [2.45, 2.75) is 19.5 Å². The molecule has 2 rings (SSSR count). The Bertz CT molecular complexity index is 674. The van der Waals surface area contributed by atoms with Crippen LogP contribution in [0.5, 0.6) is 0 Å². The van der Waals surface area contributed by atoms with Crippen molar-refractivity contribution >= 4 is 13.5 Å². The molecule has 2 aromatic rings. The fraction of sp³-hybridized carbons (Fsp3) is 0.250. The van der Waals surface area contributed by atoms with Crippen molar-refractivity contribution in [3.8, 4) is 0 Å². The molecule has 1 nitrogen and oxygen atoms in total. The van der Waals surface area contributed by atoms with E-state index in [0.717, 1.165) is 5.56 Å². The fourth-order valence-electron chi connectivity index (χ4n) is 2.27. The molecule has 0 atom stereocenters. The van der Waals surface area contributed by atoms with E-state index in [-0.39, 0.29) is 6.61 Å². The van der Waals surface area contributed by atoms with Crippen LogP contribution in [0.2, 0.25) is 13.1 Å². The standard InChI is InChI=1S/C16H15F5OSi/c1-23(2,22-9-8-10-6-4-3-5-7-10)16-14(20)12(18)11(17)13(19)15(16)21/h3-7H,8-9H2,1-2H3. The second-order valence-electron chi connectivity index (χ2n) is 5.54. The minimum atomic E-state index is -3.30. The molecular formula is C16H15F5OSi. The quantitative estimate of drug-likeness (QED) is 0.343. The van der Waals surface area contributed by atoms with E-state index in [9.17, 15) is 22.0 Å². The van der Waals surface area contributed by atoms with Gasteiger partial charge in [0.25, 0.3) is 0 Å². The predicted octanol–water partition coefficient (Wildman–Crippen LogP) is 4.05. The van der Waals surface area contributed by atoms with Crippen LogP contribution in [0.4, 0.5) is 22.0 Å². The number of rotatable bonds is 5. The molecule has 0 aromatic heterocycles. The van der Waals surface area contributed by atoms with Crippen molar-refractivity contribution in [3.63, 3.8) is 0 Å². The second kappa shape index (κ2) is 6.80. The number of halogens is 5. The van der Waals surface area contributed by atoms with Gasteiger partial charge in [-0.1, -0.05) is 30.3 Å². The first-order chi connectivity index (χ1) is 10.8. The van der Waals surface area contributed by atoms with Crippen LogP contribution in [0.25, 0.3) is 0 Å². The van der Waals surface area contributed by atoms with E-state index in [1.165, 1.54) is 13.1 Å². The molecule has 7 heteroatoms. The van der Waals surface area contributed by atoms with E-state index < -0.39 is 42.6 Å². The van der Waals surface area contributed by atoms with Gasteiger partial charge in [-0.15, -0.1) is 0 Å². The van der Waals surface area contributed by atoms with Gasteiger partial charge in [-0.2, -0.15) is 0 Å². The van der Waals surface area contributed by atoms with E-state index in [1.54, 1.807) is 0 Å². The minimum Gasteiger partial charge on any atom is -0.412 e. The summed E-state index contributed by atoms with van der Waals surface area (Å²) in [5.74, 6) is -9.65. The molecule has 0 fully saturated rings. The highest BCUT2D eigenvalue weighted by atomic mass is 28.4. The van der Waals surface area contributed by atoms with Crippen molar-refractivity contribution < 1.29 is 26.4 Å². The Balaban J connectivity index is 2.23. The van der Waals surface area contributed by atoms with Gasteiger partial charge in [-0.3, -0.25) is 0 Å². The summed E-state index contributed by atoms with van der Waals surface area (Å²) < 4.78 is 73.1. The van der Waals surface area contributed by atoms with Crippen LogP contribution in [0, 0.1) is 29.1 Å². The summed E-state index contributed by atoms with van der Waals surface area (Å²) in [7, 11) is -3.30. The molecule has 0 aliphatic heterocycles. The molecule has 2 aromatic carbocycles. The highest BCUT2D eigenvalue weighted by Gasteiger charge is 2.37. The Labute approximate surface area is 131 Å². The number of benzene rings is 2. The smallest absolute Gasteiger partial charge is 0.224 e. The minimum absolute atomic E-state index is 0.128. The molecule has 0 aliphatic carbocycles. The zero-order chi connectivity index (χ0) is 17.2. The molecule has 23 heavy (non-hydrogen) atoms. The average molecular weight is 346 g/mol. The van der Waals surface area contributed by atoms with Crippen molar-refractivity contribution in [1.82, 2.24) is 0 Å². The first-order valence-electron chi connectivity index (χ1n) is 6.95. The molecule has 0 N–H and O–H groups in total. The van der Waals surface area contributed by atoms with E-state index in [4.69, 9.17) is 4.43 Å². The first-order valence-corrected chi connectivity index (χ1v) is 9.86. The van der Waals surface area contributed by atoms with E-state index in [0.29, 0.717) is 6.42 Å². The Morgan fingerprint density at radius 1 is 0.783 bits per heavy atom. The molecule has 0 saturated heterocycles. The zero-order valence-corrected chi connectivity index (χ0v) is 13.6. The van der Waals surface area contributed by atoms with Crippen molar-refractivity contribution in [3.05, 3.63) is 65.0 Å². The van der Waals surface area contributed by atoms with Crippen LogP contribution in [-0.4, -0.2) is 14.9 Å². The summed E-state index contributed by atoms with van der Waals surface area (Å²) in [5.41, 5.74) is 0.953. The lowest BCUT2D eigenvalue weighted by Crippen LogP contribution is -2.50. The highest BCUT2D eigenvalue weighted by Crippen LogP contribution is 2.20. The lowest BCUT2D eigenvalue weighted by atomic mass is 10.2. The topological polar surface area (TPSA) is 9.23 Å². The maximum absolute atomic E-state index is 13.9. The lowest BCUT2D eigenvalue weighted by Gasteiger charge is -2.25. The van der Waals surface area contributed by atoms with Gasteiger partial charge in [0.15, 0.2) is 23.3 Å². The van der Waals surface area contributed by atoms with Crippen molar-refractivity contribution in [1.29, 1.82) is 0 Å². The molecule has 124 valence electrons. The summed E-state index contributed by atoms with van der Waals surface area (Å²) in [6.07, 6.45) is 0.479. The average Bonchev–Trinajstić information content (AvgIpc) is 2.52. The Hall–Kier alpha value is -1.73. The highest BCUT2D eigenvalue weighted by molar-refractivity contribution is 6.84. The predicted molar refractivity (Wildman–Crippen MR) is 79.4 cm³/mol. The summed E-state index contributed by atoms with van der Waals surface area (Å²) in [5, 5.41) is -0.832. The van der Waals surface area contributed by atoms with Gasteiger partial charge < -0.3 is 4.43 Å². The van der Waals surface area contributed by atoms with Crippen LogP contribution in [0.1, 0.15) is 5.56 Å². The van der Waals surface area contributed by atoms with Crippen molar-refractivity contribution in [2.24, 2.45) is 0 Å². The molecule has 0 aliphatic rings. The van der Waals surface area contributed by atoms with Gasteiger partial charge in [0.1, 0.15) is 0 Å². The van der Waals surface area contributed by atoms with Crippen LogP contribution >= 0.6 is 0 Å². The monoisotopic (exact) mass is 346 g/mol. The Morgan fingerprint density at radius 3 is 1.78 bits per heavy atom. The van der Waals surface area contributed by atoms with Gasteiger partial charge in [-0.05, 0) is 25.1 Å². The molecule has 0 heterocycles. The SMILES string of the molecule is C[Si](C)(OCCc1ccccc1)c1c(F)c(F)c(F)c(F)c1F. The zero-order valence-electron chi connectivity index (χ0n) is 12.6. The fourth-order valence-corrected chi connectivity index (χ4v) is 4.31. The van der Waals surface area contributed by atoms with Gasteiger partial charge in [0.2, 0.25) is 14.1 Å². The van der Waals surface area contributed by atoms with Gasteiger partial charge >= 0.3 is 0 Å². The van der Waals surface area contributed by atoms with Crippen molar-refractivity contribution in [2.75, 3.05) is 6.61 Å². The lowest BCUT2D eigenvalue weighted by molar-refractivity contribution is 0.315. The molecular weight excluding hydrogens is 331 g/mol. The van der Waals surface area contributed by atoms with Gasteiger partial charge in [0, 0.05) is 11.8 Å². The van der Waals surface area contributed by atoms with Crippen LogP contribution in [0.15, 0.2) is 30.3 Å². The van der Waals surface area contributed by atoms with Gasteiger partial charge in [-0.25, -0.2) is 22.0 Å². The Kier molecular flexibility index (Phi) is 5.21. The summed E-state index contributed by atoms with van der Waals surface area (Å²) in [6.45, 7) is 2.93. The maximum atomic E-state index is 13.9. The first kappa shape index (κ1) is 17.6. The van der Waals surface area contributed by atoms with Crippen LogP contribution in [-0.2, 0) is 10.8 Å².